The number of rotatable bonds is 9. The lowest BCUT2D eigenvalue weighted by Gasteiger charge is -2.43. The summed E-state index contributed by atoms with van der Waals surface area (Å²) in [6.45, 7) is 18.0. The number of aliphatic hydroxyl groups is 1. The van der Waals surface area contributed by atoms with Crippen molar-refractivity contribution in [2.45, 2.75) is 110 Å². The summed E-state index contributed by atoms with van der Waals surface area (Å²) < 4.78 is 32.8. The molecule has 2 atom stereocenters. The van der Waals surface area contributed by atoms with E-state index in [0.29, 0.717) is 35.6 Å². The largest absolute Gasteiger partial charge is 0.461 e. The predicted molar refractivity (Wildman–Crippen MR) is 148 cm³/mol. The quantitative estimate of drug-likeness (QED) is 0.147. The van der Waals surface area contributed by atoms with Gasteiger partial charge in [-0.2, -0.15) is 4.99 Å². The van der Waals surface area contributed by atoms with E-state index < -0.39 is 20.0 Å². The molecule has 0 aromatic carbocycles. The van der Waals surface area contributed by atoms with Crippen molar-refractivity contribution in [3.63, 3.8) is 0 Å². The summed E-state index contributed by atoms with van der Waals surface area (Å²) in [4.78, 5) is 6.56. The Labute approximate surface area is 225 Å². The van der Waals surface area contributed by atoms with E-state index in [9.17, 15) is 9.50 Å². The van der Waals surface area contributed by atoms with Gasteiger partial charge in [-0.1, -0.05) is 33.5 Å². The van der Waals surface area contributed by atoms with Crippen LogP contribution in [0.15, 0.2) is 27.2 Å². The molecule has 1 fully saturated rings. The van der Waals surface area contributed by atoms with Crippen LogP contribution < -0.4 is 5.32 Å². The molecule has 0 saturated heterocycles. The van der Waals surface area contributed by atoms with Crippen LogP contribution in [0.3, 0.4) is 0 Å². The third-order valence-electron chi connectivity index (χ3n) is 7.14. The number of dihydropyridines is 1. The van der Waals surface area contributed by atoms with E-state index in [-0.39, 0.29) is 23.5 Å². The monoisotopic (exact) mass is 589 g/mol. The maximum atomic E-state index is 14.2. The fourth-order valence-corrected chi connectivity index (χ4v) is 5.77. The van der Waals surface area contributed by atoms with Gasteiger partial charge in [0, 0.05) is 26.2 Å². The summed E-state index contributed by atoms with van der Waals surface area (Å²) in [6, 6.07) is 1.54. The molecule has 10 heteroatoms. The van der Waals surface area contributed by atoms with E-state index in [1.165, 1.54) is 6.08 Å². The summed E-state index contributed by atoms with van der Waals surface area (Å²) in [5, 5.41) is 13.9. The van der Waals surface area contributed by atoms with Crippen LogP contribution in [0.2, 0.25) is 25.7 Å². The molecular formula is C26H45BrFN3O4Si. The molecular weight excluding hydrogens is 545 g/mol. The maximum Gasteiger partial charge on any atom is 0.296 e. The molecule has 2 aliphatic heterocycles. The van der Waals surface area contributed by atoms with Crippen molar-refractivity contribution >= 4 is 30.0 Å². The molecule has 0 radical (unpaired) electrons. The van der Waals surface area contributed by atoms with E-state index >= 15 is 0 Å². The lowest BCUT2D eigenvalue weighted by molar-refractivity contribution is -0.231. The van der Waals surface area contributed by atoms with Crippen LogP contribution in [0.1, 0.15) is 60.3 Å². The first kappa shape index (κ1) is 29.6. The second kappa shape index (κ2) is 11.4. The third kappa shape index (κ3) is 7.79. The highest BCUT2D eigenvalue weighted by atomic mass is 79.9. The van der Waals surface area contributed by atoms with E-state index in [1.807, 2.05) is 25.7 Å². The molecule has 206 valence electrons. The molecule has 0 bridgehead atoms. The number of allylic oxidation sites excluding steroid dienone is 2. The summed E-state index contributed by atoms with van der Waals surface area (Å²) in [7, 11) is -1.21. The third-order valence-corrected chi connectivity index (χ3v) is 9.45. The minimum absolute atomic E-state index is 0.00274. The second-order valence-corrected chi connectivity index (χ2v) is 19.4. The van der Waals surface area contributed by atoms with Crippen molar-refractivity contribution < 1.29 is 23.7 Å². The van der Waals surface area contributed by atoms with Gasteiger partial charge in [0.2, 0.25) is 0 Å². The van der Waals surface area contributed by atoms with E-state index in [2.05, 4.69) is 59.7 Å². The molecule has 2 unspecified atom stereocenters. The van der Waals surface area contributed by atoms with Gasteiger partial charge in [-0.05, 0) is 74.3 Å². The van der Waals surface area contributed by atoms with Crippen LogP contribution in [0.4, 0.5) is 4.39 Å². The number of amidine groups is 1. The number of hydrogen-bond acceptors (Lipinski definition) is 7. The minimum Gasteiger partial charge on any atom is -0.461 e. The van der Waals surface area contributed by atoms with Gasteiger partial charge in [-0.15, -0.1) is 0 Å². The van der Waals surface area contributed by atoms with Crippen molar-refractivity contribution in [1.29, 1.82) is 0 Å². The minimum atomic E-state index is -1.21. The fourth-order valence-electron chi connectivity index (χ4n) is 4.68. The smallest absolute Gasteiger partial charge is 0.296 e. The number of ether oxygens (including phenoxy) is 3. The molecule has 0 aromatic heterocycles. The second-order valence-electron chi connectivity index (χ2n) is 13.0. The first-order valence-electron chi connectivity index (χ1n) is 13.1. The average Bonchev–Trinajstić information content (AvgIpc) is 3.05. The van der Waals surface area contributed by atoms with Gasteiger partial charge in [0.1, 0.15) is 23.6 Å². The van der Waals surface area contributed by atoms with Crippen LogP contribution in [-0.4, -0.2) is 61.6 Å². The van der Waals surface area contributed by atoms with Crippen LogP contribution in [-0.2, 0) is 14.2 Å². The van der Waals surface area contributed by atoms with Crippen molar-refractivity contribution in [2.24, 2.45) is 16.3 Å². The summed E-state index contributed by atoms with van der Waals surface area (Å²) in [5.74, 6) is -0.0629. The Hall–Kier alpha value is -0.943. The van der Waals surface area contributed by atoms with Crippen molar-refractivity contribution in [2.75, 3.05) is 13.3 Å². The highest BCUT2D eigenvalue weighted by Gasteiger charge is 2.42. The molecule has 3 aliphatic rings. The van der Waals surface area contributed by atoms with Gasteiger partial charge < -0.3 is 24.6 Å². The predicted octanol–water partition coefficient (Wildman–Crippen LogP) is 6.05. The average molecular weight is 591 g/mol. The Morgan fingerprint density at radius 2 is 1.83 bits per heavy atom. The molecule has 0 spiro atoms. The van der Waals surface area contributed by atoms with Crippen molar-refractivity contribution in [3.05, 3.63) is 22.2 Å². The first-order chi connectivity index (χ1) is 16.6. The number of aliphatic imine (C=N–C) groups is 1. The number of nitrogens with one attached hydrogen (secondary N) is 1. The van der Waals surface area contributed by atoms with Gasteiger partial charge in [-0.25, -0.2) is 4.39 Å². The normalized spacial score (nSPS) is 26.3. The number of hydrogen-bond donors (Lipinski definition) is 2. The zero-order valence-electron chi connectivity index (χ0n) is 23.2. The van der Waals surface area contributed by atoms with E-state index in [1.54, 1.807) is 0 Å². The van der Waals surface area contributed by atoms with Crippen LogP contribution in [0.25, 0.3) is 0 Å². The molecule has 3 rings (SSSR count). The topological polar surface area (TPSA) is 75.5 Å². The van der Waals surface area contributed by atoms with Gasteiger partial charge in [0.05, 0.1) is 11.3 Å². The molecule has 1 aliphatic carbocycles. The van der Waals surface area contributed by atoms with Crippen molar-refractivity contribution in [3.8, 4) is 0 Å². The standard InChI is InChI=1S/C26H45BrFN3O4Si/c1-25(2,3)35-23(32)26(4,5)17-9-11-18(12-10-17)34-24-29-20-15-19(28)21(27)30-22(20)31(24)16-33-13-14-36(6,7)8/h15,17-18,22-23,30,32H,9-14,16H2,1-8H3. The lowest BCUT2D eigenvalue weighted by Crippen LogP contribution is -2.48. The molecule has 36 heavy (non-hydrogen) atoms. The molecule has 1 saturated carbocycles. The summed E-state index contributed by atoms with van der Waals surface area (Å²) in [5.41, 5.74) is -0.184. The van der Waals surface area contributed by atoms with Crippen molar-refractivity contribution in [1.82, 2.24) is 10.2 Å². The Morgan fingerprint density at radius 1 is 1.19 bits per heavy atom. The Bertz CT molecular complexity index is 873. The summed E-state index contributed by atoms with van der Waals surface area (Å²) in [6.07, 6.45) is 3.84. The van der Waals surface area contributed by atoms with E-state index in [0.717, 1.165) is 31.7 Å². The van der Waals surface area contributed by atoms with Gasteiger partial charge in [-0.3, -0.25) is 4.90 Å². The highest BCUT2D eigenvalue weighted by Crippen LogP contribution is 2.43. The zero-order valence-corrected chi connectivity index (χ0v) is 25.7. The SMILES string of the molecule is CC(C)(C)OC(O)C(C)(C)C1CCC(OC2=NC3=CC(F)=C(Br)NC3N2COCC[Si](C)(C)C)CC1. The molecule has 0 aromatic rings. The van der Waals surface area contributed by atoms with Crippen LogP contribution in [0.5, 0.6) is 0 Å². The van der Waals surface area contributed by atoms with Gasteiger partial charge in [0.25, 0.3) is 6.02 Å². The van der Waals surface area contributed by atoms with Gasteiger partial charge in [0.15, 0.2) is 12.1 Å². The fraction of sp³-hybridized carbons (Fsp3) is 0.808. The molecule has 2 heterocycles. The highest BCUT2D eigenvalue weighted by molar-refractivity contribution is 9.11. The zero-order chi connectivity index (χ0) is 26.9. The van der Waals surface area contributed by atoms with Crippen LogP contribution >= 0.6 is 15.9 Å². The molecule has 0 amide bonds. The molecule has 2 N–H and O–H groups in total. The van der Waals surface area contributed by atoms with Crippen LogP contribution in [0, 0.1) is 11.3 Å². The number of halogens is 2. The Balaban J connectivity index is 1.62. The lowest BCUT2D eigenvalue weighted by atomic mass is 9.70. The Kier molecular flexibility index (Phi) is 9.40. The van der Waals surface area contributed by atoms with Gasteiger partial charge >= 0.3 is 0 Å². The number of nitrogens with zero attached hydrogens (tertiary/aromatic N) is 2. The van der Waals surface area contributed by atoms with E-state index in [4.69, 9.17) is 14.2 Å². The molecule has 7 nitrogen and oxygen atoms in total. The summed E-state index contributed by atoms with van der Waals surface area (Å²) >= 11 is 3.26. The maximum absolute atomic E-state index is 14.2. The first-order valence-corrected chi connectivity index (χ1v) is 17.6. The number of fused-ring (bicyclic) bond motifs is 1. The Morgan fingerprint density at radius 3 is 2.42 bits per heavy atom. The number of aliphatic hydroxyl groups excluding tert-OH is 1.